The molecule has 1 saturated carbocycles. The number of amides is 2. The maximum absolute atomic E-state index is 13.7. The second-order valence-electron chi connectivity index (χ2n) is 10.1. The van der Waals surface area contributed by atoms with Crippen molar-refractivity contribution in [2.75, 3.05) is 12.0 Å². The Kier molecular flexibility index (Phi) is 6.01. The van der Waals surface area contributed by atoms with Crippen molar-refractivity contribution in [2.45, 2.75) is 37.9 Å². The molecule has 2 aromatic heterocycles. The van der Waals surface area contributed by atoms with Crippen LogP contribution in [0.1, 0.15) is 25.0 Å². The molecule has 1 unspecified atom stereocenters. The number of hydrogen-bond donors (Lipinski definition) is 0. The van der Waals surface area contributed by atoms with Gasteiger partial charge in [-0.3, -0.25) is 14.5 Å². The number of hydrogen-bond acceptors (Lipinski definition) is 9. The van der Waals surface area contributed by atoms with Crippen molar-refractivity contribution in [2.24, 2.45) is 0 Å². The maximum atomic E-state index is 13.7. The van der Waals surface area contributed by atoms with Crippen LogP contribution in [0.15, 0.2) is 81.7 Å². The molecular weight excluding hydrogens is 526 g/mol. The Hall–Kier alpha value is -5.03. The highest BCUT2D eigenvalue weighted by Crippen LogP contribution is 2.36. The second-order valence-corrected chi connectivity index (χ2v) is 10.1. The lowest BCUT2D eigenvalue weighted by Gasteiger charge is -2.26. The van der Waals surface area contributed by atoms with Crippen LogP contribution in [0.3, 0.4) is 0 Å². The zero-order valence-electron chi connectivity index (χ0n) is 22.1. The monoisotopic (exact) mass is 551 g/mol. The van der Waals surface area contributed by atoms with Crippen molar-refractivity contribution in [3.63, 3.8) is 0 Å². The van der Waals surface area contributed by atoms with E-state index < -0.39 is 12.0 Å². The molecule has 1 saturated heterocycles. The number of aromatic nitrogens is 3. The van der Waals surface area contributed by atoms with Gasteiger partial charge in [0.1, 0.15) is 11.3 Å². The molecule has 0 bridgehead atoms. The second kappa shape index (κ2) is 9.86. The molecule has 3 aromatic carbocycles. The number of carbonyl (C=O) groups is 2. The van der Waals surface area contributed by atoms with E-state index in [9.17, 15) is 14.7 Å². The molecule has 7 rings (SSSR count). The third-order valence-corrected chi connectivity index (χ3v) is 7.55. The van der Waals surface area contributed by atoms with Gasteiger partial charge in [-0.2, -0.15) is 0 Å². The lowest BCUT2D eigenvalue weighted by atomic mass is 10.2. The Balaban J connectivity index is 1.13. The van der Waals surface area contributed by atoms with Gasteiger partial charge in [0.25, 0.3) is 11.6 Å². The van der Waals surface area contributed by atoms with Gasteiger partial charge in [-0.1, -0.05) is 12.1 Å². The molecule has 2 aliphatic rings. The van der Waals surface area contributed by atoms with Gasteiger partial charge in [0.05, 0.1) is 37.1 Å². The van der Waals surface area contributed by atoms with Gasteiger partial charge in [0.2, 0.25) is 17.5 Å². The number of anilines is 1. The fraction of sp³-hybridized carbons (Fsp3) is 0.233. The minimum Gasteiger partial charge on any atom is -0.539 e. The first kappa shape index (κ1) is 25.0. The smallest absolute Gasteiger partial charge is 0.254 e. The van der Waals surface area contributed by atoms with Gasteiger partial charge < -0.3 is 18.8 Å². The summed E-state index contributed by atoms with van der Waals surface area (Å²) in [6, 6.07) is 20.9. The fourth-order valence-corrected chi connectivity index (χ4v) is 5.29. The minimum absolute atomic E-state index is 0.0181. The number of nitrogens with zero attached hydrogens (tertiary/aromatic N) is 5. The quantitative estimate of drug-likeness (QED) is 0.211. The van der Waals surface area contributed by atoms with Crippen molar-refractivity contribution in [3.05, 3.63) is 78.5 Å². The summed E-state index contributed by atoms with van der Waals surface area (Å²) in [6.07, 6.45) is 1.77. The van der Waals surface area contributed by atoms with Crippen molar-refractivity contribution in [3.8, 4) is 28.8 Å². The fourth-order valence-electron chi connectivity index (χ4n) is 5.29. The number of rotatable bonds is 8. The SMILES string of the molecule is COc1ccc(-[n+]2noc([O-])c2CN(C2CC2)C2CC(=O)N(c3ccc(-c4nc5ccccc5o4)cc3)C2=O)cc1. The zero-order valence-corrected chi connectivity index (χ0v) is 22.1. The number of fused-ring (bicyclic) bond motifs is 1. The summed E-state index contributed by atoms with van der Waals surface area (Å²) >= 11 is 0. The molecule has 0 radical (unpaired) electrons. The van der Waals surface area contributed by atoms with Gasteiger partial charge >= 0.3 is 0 Å². The molecule has 1 atom stereocenters. The molecule has 5 aromatic rings. The standard InChI is InChI=1S/C30H25N5O6/c1-39-22-14-12-21(13-15-22)35-25(30(38)41-32-35)17-33(19-10-11-19)24-16-27(36)34(29(24)37)20-8-6-18(7-9-20)28-31-23-4-2-3-5-26(23)40-28/h2-9,12-15,19,24H,10-11,16-17H2,1H3. The van der Waals surface area contributed by atoms with Crippen LogP contribution in [0.2, 0.25) is 0 Å². The Morgan fingerprint density at radius 3 is 2.51 bits per heavy atom. The third-order valence-electron chi connectivity index (χ3n) is 7.55. The molecule has 2 fully saturated rings. The first-order valence-corrected chi connectivity index (χ1v) is 13.3. The lowest BCUT2D eigenvalue weighted by molar-refractivity contribution is -0.678. The van der Waals surface area contributed by atoms with Crippen LogP contribution in [0, 0.1) is 0 Å². The van der Waals surface area contributed by atoms with Gasteiger partial charge in [-0.25, -0.2) is 9.88 Å². The summed E-state index contributed by atoms with van der Waals surface area (Å²) in [6.45, 7) is 0.118. The molecule has 41 heavy (non-hydrogen) atoms. The van der Waals surface area contributed by atoms with E-state index in [1.807, 2.05) is 29.2 Å². The van der Waals surface area contributed by atoms with Crippen LogP contribution in [-0.4, -0.2) is 46.2 Å². The van der Waals surface area contributed by atoms with E-state index in [1.54, 1.807) is 55.6 Å². The predicted molar refractivity (Wildman–Crippen MR) is 143 cm³/mol. The van der Waals surface area contributed by atoms with Gasteiger partial charge in [-0.05, 0) is 66.1 Å². The number of methoxy groups -OCH3 is 1. The van der Waals surface area contributed by atoms with Gasteiger partial charge in [-0.15, -0.1) is 0 Å². The lowest BCUT2D eigenvalue weighted by Crippen LogP contribution is -2.46. The van der Waals surface area contributed by atoms with E-state index in [4.69, 9.17) is 13.7 Å². The Bertz CT molecular complexity index is 1720. The van der Waals surface area contributed by atoms with E-state index in [0.29, 0.717) is 28.6 Å². The topological polar surface area (TPSA) is 129 Å². The maximum Gasteiger partial charge on any atom is 0.254 e. The largest absolute Gasteiger partial charge is 0.539 e. The van der Waals surface area contributed by atoms with E-state index >= 15 is 0 Å². The Morgan fingerprint density at radius 2 is 1.80 bits per heavy atom. The highest BCUT2D eigenvalue weighted by atomic mass is 16.6. The van der Waals surface area contributed by atoms with Gasteiger partial charge in [0.15, 0.2) is 11.5 Å². The number of carbonyl (C=O) groups excluding carboxylic acids is 2. The number of benzene rings is 3. The Morgan fingerprint density at radius 1 is 1.05 bits per heavy atom. The molecule has 206 valence electrons. The van der Waals surface area contributed by atoms with E-state index in [-0.39, 0.29) is 36.5 Å². The molecule has 3 heterocycles. The summed E-state index contributed by atoms with van der Waals surface area (Å²) in [5.74, 6) is -0.0810. The molecule has 0 N–H and O–H groups in total. The minimum atomic E-state index is -0.703. The number of imide groups is 1. The normalized spacial score (nSPS) is 17.2. The van der Waals surface area contributed by atoms with Crippen molar-refractivity contribution in [1.29, 1.82) is 0 Å². The average Bonchev–Trinajstić information content (AvgIpc) is 3.54. The van der Waals surface area contributed by atoms with E-state index in [1.165, 1.54) is 9.58 Å². The van der Waals surface area contributed by atoms with Crippen LogP contribution in [0.25, 0.3) is 28.2 Å². The molecule has 2 amide bonds. The summed E-state index contributed by atoms with van der Waals surface area (Å²) in [5.41, 5.74) is 3.55. The molecular formula is C30H25N5O6. The van der Waals surface area contributed by atoms with E-state index in [2.05, 4.69) is 10.3 Å². The summed E-state index contributed by atoms with van der Waals surface area (Å²) in [7, 11) is 1.57. The summed E-state index contributed by atoms with van der Waals surface area (Å²) < 4.78 is 17.5. The van der Waals surface area contributed by atoms with Crippen LogP contribution < -0.4 is 19.4 Å². The highest BCUT2D eigenvalue weighted by molar-refractivity contribution is 6.22. The molecule has 11 nitrogen and oxygen atoms in total. The van der Waals surface area contributed by atoms with Crippen LogP contribution in [0.5, 0.6) is 11.7 Å². The summed E-state index contributed by atoms with van der Waals surface area (Å²) in [5, 5.41) is 16.6. The number of oxazole rings is 1. The average molecular weight is 552 g/mol. The first-order valence-electron chi connectivity index (χ1n) is 13.3. The van der Waals surface area contributed by atoms with Gasteiger partial charge in [0, 0.05) is 23.7 Å². The number of para-hydroxylation sites is 2. The first-order chi connectivity index (χ1) is 20.0. The Labute approximate surface area is 234 Å². The van der Waals surface area contributed by atoms with Crippen LogP contribution >= 0.6 is 0 Å². The van der Waals surface area contributed by atoms with Crippen LogP contribution in [-0.2, 0) is 16.1 Å². The molecule has 1 aliphatic heterocycles. The molecule has 1 aliphatic carbocycles. The van der Waals surface area contributed by atoms with Crippen molar-refractivity contribution in [1.82, 2.24) is 15.2 Å². The van der Waals surface area contributed by atoms with Crippen molar-refractivity contribution >= 4 is 28.6 Å². The molecule has 0 spiro atoms. The number of ether oxygens (including phenoxy) is 1. The van der Waals surface area contributed by atoms with E-state index in [0.717, 1.165) is 23.9 Å². The van der Waals surface area contributed by atoms with Crippen molar-refractivity contribution < 1.29 is 33.1 Å². The predicted octanol–water partition coefficient (Wildman–Crippen LogP) is 3.14. The highest BCUT2D eigenvalue weighted by Gasteiger charge is 2.48. The van der Waals surface area contributed by atoms with Crippen LogP contribution in [0.4, 0.5) is 5.69 Å². The third kappa shape index (κ3) is 4.49. The zero-order chi connectivity index (χ0) is 28.1. The summed E-state index contributed by atoms with van der Waals surface area (Å²) in [4.78, 5) is 34.5. The molecule has 11 heteroatoms.